The smallest absolute Gasteiger partial charge is 0.259 e. The Hall–Kier alpha value is -2.47. The number of benzene rings is 2. The van der Waals surface area contributed by atoms with Crippen molar-refractivity contribution in [2.75, 3.05) is 6.54 Å². The summed E-state index contributed by atoms with van der Waals surface area (Å²) < 4.78 is 0.929. The van der Waals surface area contributed by atoms with E-state index in [-0.39, 0.29) is 12.5 Å². The van der Waals surface area contributed by atoms with Crippen LogP contribution in [0.25, 0.3) is 0 Å². The molecule has 2 amide bonds. The normalized spacial score (nSPS) is 10.5. The van der Waals surface area contributed by atoms with Crippen LogP contribution in [-0.4, -0.2) is 24.6 Å². The second kappa shape index (κ2) is 8.24. The number of hydrogen-bond donors (Lipinski definition) is 2. The van der Waals surface area contributed by atoms with Crippen LogP contribution in [0.3, 0.4) is 0 Å². The highest BCUT2D eigenvalue weighted by Crippen LogP contribution is 2.09. The fraction of sp³-hybridized carbons (Fsp3) is 0.118. The van der Waals surface area contributed by atoms with Gasteiger partial charge in [-0.05, 0) is 36.2 Å². The minimum Gasteiger partial charge on any atom is -0.343 e. The van der Waals surface area contributed by atoms with E-state index in [0.717, 1.165) is 15.6 Å². The third-order valence-electron chi connectivity index (χ3n) is 3.05. The van der Waals surface area contributed by atoms with Gasteiger partial charge in [0.2, 0.25) is 0 Å². The second-order valence-corrected chi connectivity index (χ2v) is 5.76. The average Bonchev–Trinajstić information content (AvgIpc) is 2.53. The van der Waals surface area contributed by atoms with Gasteiger partial charge in [0.1, 0.15) is 0 Å². The molecule has 0 aliphatic heterocycles. The van der Waals surface area contributed by atoms with E-state index in [1.165, 1.54) is 6.21 Å². The number of carbonyl (C=O) groups excluding carboxylic acids is 2. The van der Waals surface area contributed by atoms with Gasteiger partial charge in [-0.1, -0.05) is 46.3 Å². The van der Waals surface area contributed by atoms with Gasteiger partial charge in [-0.15, -0.1) is 0 Å². The first kappa shape index (κ1) is 16.9. The molecule has 2 rings (SSSR count). The fourth-order valence-electron chi connectivity index (χ4n) is 1.89. The fourth-order valence-corrected chi connectivity index (χ4v) is 2.31. The van der Waals surface area contributed by atoms with Gasteiger partial charge in [0.05, 0.1) is 12.8 Å². The van der Waals surface area contributed by atoms with Gasteiger partial charge in [0.25, 0.3) is 11.8 Å². The molecule has 0 atom stereocenters. The van der Waals surface area contributed by atoms with Crippen molar-refractivity contribution in [1.29, 1.82) is 0 Å². The third kappa shape index (κ3) is 5.34. The molecule has 2 aromatic carbocycles. The zero-order chi connectivity index (χ0) is 16.7. The first-order valence-electron chi connectivity index (χ1n) is 6.97. The second-order valence-electron chi connectivity index (χ2n) is 4.85. The minimum atomic E-state index is -0.391. The molecule has 0 saturated carbocycles. The van der Waals surface area contributed by atoms with Crippen LogP contribution in [0, 0.1) is 6.92 Å². The van der Waals surface area contributed by atoms with E-state index >= 15 is 0 Å². The van der Waals surface area contributed by atoms with E-state index < -0.39 is 5.91 Å². The number of carbonyl (C=O) groups is 2. The van der Waals surface area contributed by atoms with Crippen LogP contribution >= 0.6 is 15.9 Å². The van der Waals surface area contributed by atoms with Crippen LogP contribution in [0.2, 0.25) is 0 Å². The molecule has 0 radical (unpaired) electrons. The van der Waals surface area contributed by atoms with E-state index in [1.54, 1.807) is 12.1 Å². The molecular weight excluding hydrogens is 358 g/mol. The Balaban J connectivity index is 1.81. The number of hydrazone groups is 1. The van der Waals surface area contributed by atoms with Crippen molar-refractivity contribution in [2.24, 2.45) is 5.10 Å². The number of nitrogens with one attached hydrogen (secondary N) is 2. The lowest BCUT2D eigenvalue weighted by Gasteiger charge is -2.06. The largest absolute Gasteiger partial charge is 0.343 e. The van der Waals surface area contributed by atoms with Crippen molar-refractivity contribution < 1.29 is 9.59 Å². The van der Waals surface area contributed by atoms with Gasteiger partial charge in [-0.3, -0.25) is 9.59 Å². The topological polar surface area (TPSA) is 70.6 Å². The Morgan fingerprint density at radius 3 is 2.70 bits per heavy atom. The summed E-state index contributed by atoms with van der Waals surface area (Å²) in [5.41, 5.74) is 4.64. The predicted octanol–water partition coefficient (Wildman–Crippen LogP) is 2.64. The molecule has 23 heavy (non-hydrogen) atoms. The van der Waals surface area contributed by atoms with Crippen LogP contribution < -0.4 is 10.7 Å². The summed E-state index contributed by atoms with van der Waals surface area (Å²) in [6.45, 7) is 1.71. The zero-order valence-corrected chi connectivity index (χ0v) is 14.1. The van der Waals surface area contributed by atoms with Crippen molar-refractivity contribution in [2.45, 2.75) is 6.92 Å². The molecule has 0 spiro atoms. The molecule has 2 N–H and O–H groups in total. The summed E-state index contributed by atoms with van der Waals surface area (Å²) in [7, 11) is 0. The number of aryl methyl sites for hydroxylation is 1. The molecule has 0 fully saturated rings. The summed E-state index contributed by atoms with van der Waals surface area (Å²) in [5.74, 6) is -0.674. The summed E-state index contributed by atoms with van der Waals surface area (Å²) in [6.07, 6.45) is 1.53. The number of nitrogens with zero attached hydrogens (tertiary/aromatic N) is 1. The lowest BCUT2D eigenvalue weighted by atomic mass is 10.1. The van der Waals surface area contributed by atoms with Gasteiger partial charge in [-0.25, -0.2) is 5.43 Å². The van der Waals surface area contributed by atoms with Gasteiger partial charge in [-0.2, -0.15) is 5.10 Å². The number of amides is 2. The number of hydrogen-bond acceptors (Lipinski definition) is 3. The Bertz CT molecular complexity index is 744. The van der Waals surface area contributed by atoms with E-state index in [2.05, 4.69) is 31.8 Å². The molecule has 2 aromatic rings. The molecule has 0 bridgehead atoms. The van der Waals surface area contributed by atoms with Crippen molar-refractivity contribution >= 4 is 34.0 Å². The predicted molar refractivity (Wildman–Crippen MR) is 93.4 cm³/mol. The van der Waals surface area contributed by atoms with Crippen molar-refractivity contribution in [3.63, 3.8) is 0 Å². The van der Waals surface area contributed by atoms with Gasteiger partial charge < -0.3 is 5.32 Å². The molecule has 0 saturated heterocycles. The van der Waals surface area contributed by atoms with Gasteiger partial charge in [0, 0.05) is 10.0 Å². The van der Waals surface area contributed by atoms with E-state index in [4.69, 9.17) is 0 Å². The van der Waals surface area contributed by atoms with Crippen LogP contribution in [0.1, 0.15) is 21.5 Å². The monoisotopic (exact) mass is 373 g/mol. The maximum Gasteiger partial charge on any atom is 0.259 e. The minimum absolute atomic E-state index is 0.136. The molecule has 5 nitrogen and oxygen atoms in total. The maximum absolute atomic E-state index is 12.0. The number of halogens is 1. The average molecular weight is 374 g/mol. The third-order valence-corrected chi connectivity index (χ3v) is 3.54. The highest BCUT2D eigenvalue weighted by Gasteiger charge is 2.09. The van der Waals surface area contributed by atoms with Crippen LogP contribution in [-0.2, 0) is 4.79 Å². The van der Waals surface area contributed by atoms with Crippen molar-refractivity contribution in [3.05, 3.63) is 69.7 Å². The molecule has 118 valence electrons. The molecule has 0 unspecified atom stereocenters. The molecule has 0 aromatic heterocycles. The summed E-state index contributed by atoms with van der Waals surface area (Å²) in [4.78, 5) is 23.6. The quantitative estimate of drug-likeness (QED) is 0.624. The lowest BCUT2D eigenvalue weighted by Crippen LogP contribution is -2.35. The Morgan fingerprint density at radius 1 is 1.17 bits per heavy atom. The molecular formula is C17H16BrN3O2. The standard InChI is InChI=1S/C17H16BrN3O2/c1-12-5-2-3-8-15(12)17(23)19-11-16(22)21-20-10-13-6-4-7-14(18)9-13/h2-10H,11H2,1H3,(H,19,23)(H,21,22)/b20-10-. The molecule has 0 aliphatic carbocycles. The first-order valence-corrected chi connectivity index (χ1v) is 7.77. The van der Waals surface area contributed by atoms with E-state index in [0.29, 0.717) is 5.56 Å². The SMILES string of the molecule is Cc1ccccc1C(=O)NCC(=O)N/N=C\c1cccc(Br)c1. The summed E-state index contributed by atoms with van der Waals surface area (Å²) in [5, 5.41) is 6.42. The first-order chi connectivity index (χ1) is 11.1. The van der Waals surface area contributed by atoms with Crippen LogP contribution in [0.15, 0.2) is 58.1 Å². The van der Waals surface area contributed by atoms with Crippen LogP contribution in [0.4, 0.5) is 0 Å². The lowest BCUT2D eigenvalue weighted by molar-refractivity contribution is -0.120. The summed E-state index contributed by atoms with van der Waals surface area (Å²) >= 11 is 3.36. The highest BCUT2D eigenvalue weighted by molar-refractivity contribution is 9.10. The molecule has 0 aliphatic rings. The van der Waals surface area contributed by atoms with E-state index in [1.807, 2.05) is 43.3 Å². The zero-order valence-electron chi connectivity index (χ0n) is 12.5. The Morgan fingerprint density at radius 2 is 1.96 bits per heavy atom. The van der Waals surface area contributed by atoms with Crippen LogP contribution in [0.5, 0.6) is 0 Å². The Kier molecular flexibility index (Phi) is 6.05. The van der Waals surface area contributed by atoms with Crippen molar-refractivity contribution in [1.82, 2.24) is 10.7 Å². The highest BCUT2D eigenvalue weighted by atomic mass is 79.9. The molecule has 0 heterocycles. The van der Waals surface area contributed by atoms with Gasteiger partial charge in [0.15, 0.2) is 0 Å². The van der Waals surface area contributed by atoms with Gasteiger partial charge >= 0.3 is 0 Å². The maximum atomic E-state index is 12.0. The Labute approximate surface area is 142 Å². The molecule has 6 heteroatoms. The van der Waals surface area contributed by atoms with Crippen molar-refractivity contribution in [3.8, 4) is 0 Å². The number of rotatable bonds is 5. The summed E-state index contributed by atoms with van der Waals surface area (Å²) in [6, 6.07) is 14.7. The van der Waals surface area contributed by atoms with E-state index in [9.17, 15) is 9.59 Å².